The van der Waals surface area contributed by atoms with Gasteiger partial charge in [0, 0.05) is 20.2 Å². The standard InChI is InChI=1S/C19H22N4O4S/c1-23(2)17-10-9-15(28(20,26)27)12-16(17)22-19(25)13-21-18(24)11-8-14-6-4-3-5-7-14/h3-12H,13H2,1-2H3,(H,21,24)(H,22,25)(H2,20,26,27)/b11-8+. The maximum atomic E-state index is 12.2. The van der Waals surface area contributed by atoms with E-state index in [0.29, 0.717) is 5.69 Å². The number of hydrogen-bond donors (Lipinski definition) is 3. The molecule has 0 unspecified atom stereocenters. The summed E-state index contributed by atoms with van der Waals surface area (Å²) in [7, 11) is -0.416. The number of primary sulfonamides is 1. The Hall–Kier alpha value is -3.17. The number of hydrogen-bond acceptors (Lipinski definition) is 5. The van der Waals surface area contributed by atoms with E-state index in [-0.39, 0.29) is 17.1 Å². The molecule has 0 heterocycles. The molecular weight excluding hydrogens is 380 g/mol. The molecule has 2 aromatic rings. The van der Waals surface area contributed by atoms with Crippen molar-refractivity contribution in [3.63, 3.8) is 0 Å². The van der Waals surface area contributed by atoms with Crippen LogP contribution in [0.5, 0.6) is 0 Å². The SMILES string of the molecule is CN(C)c1ccc(S(N)(=O)=O)cc1NC(=O)CNC(=O)/C=C/c1ccccc1. The van der Waals surface area contributed by atoms with Crippen molar-refractivity contribution in [2.24, 2.45) is 5.14 Å². The normalized spacial score (nSPS) is 11.2. The van der Waals surface area contributed by atoms with Crippen molar-refractivity contribution in [3.05, 3.63) is 60.2 Å². The van der Waals surface area contributed by atoms with Gasteiger partial charge in [-0.05, 0) is 29.8 Å². The zero-order valence-electron chi connectivity index (χ0n) is 15.5. The highest BCUT2D eigenvalue weighted by molar-refractivity contribution is 7.89. The Kier molecular flexibility index (Phi) is 6.91. The predicted molar refractivity (Wildman–Crippen MR) is 109 cm³/mol. The molecule has 28 heavy (non-hydrogen) atoms. The van der Waals surface area contributed by atoms with Crippen LogP contribution in [-0.2, 0) is 19.6 Å². The molecule has 0 fully saturated rings. The molecule has 0 atom stereocenters. The first-order valence-corrected chi connectivity index (χ1v) is 9.86. The number of nitrogens with one attached hydrogen (secondary N) is 2. The number of carbonyl (C=O) groups excluding carboxylic acids is 2. The number of nitrogens with two attached hydrogens (primary N) is 1. The van der Waals surface area contributed by atoms with Crippen LogP contribution in [0.3, 0.4) is 0 Å². The van der Waals surface area contributed by atoms with E-state index < -0.39 is 21.8 Å². The third-order valence-electron chi connectivity index (χ3n) is 3.70. The Bertz CT molecular complexity index is 986. The molecule has 0 aliphatic carbocycles. The summed E-state index contributed by atoms with van der Waals surface area (Å²) in [5.41, 5.74) is 1.73. The van der Waals surface area contributed by atoms with Crippen molar-refractivity contribution >= 4 is 39.3 Å². The highest BCUT2D eigenvalue weighted by Gasteiger charge is 2.14. The van der Waals surface area contributed by atoms with Crippen molar-refractivity contribution < 1.29 is 18.0 Å². The first-order chi connectivity index (χ1) is 13.2. The summed E-state index contributed by atoms with van der Waals surface area (Å²) in [4.78, 5) is 25.6. The molecular formula is C19H22N4O4S. The smallest absolute Gasteiger partial charge is 0.244 e. The maximum absolute atomic E-state index is 12.2. The van der Waals surface area contributed by atoms with Gasteiger partial charge in [-0.3, -0.25) is 9.59 Å². The number of benzene rings is 2. The van der Waals surface area contributed by atoms with Crippen molar-refractivity contribution in [1.82, 2.24) is 5.32 Å². The van der Waals surface area contributed by atoms with Crippen LogP contribution in [0.15, 0.2) is 59.5 Å². The minimum Gasteiger partial charge on any atom is -0.376 e. The second-order valence-electron chi connectivity index (χ2n) is 6.13. The van der Waals surface area contributed by atoms with Crippen LogP contribution in [0.25, 0.3) is 6.08 Å². The lowest BCUT2D eigenvalue weighted by molar-refractivity contribution is -0.121. The summed E-state index contributed by atoms with van der Waals surface area (Å²) in [5, 5.41) is 10.2. The van der Waals surface area contributed by atoms with Crippen LogP contribution < -0.4 is 20.7 Å². The van der Waals surface area contributed by atoms with Gasteiger partial charge in [0.05, 0.1) is 22.8 Å². The second kappa shape index (κ2) is 9.16. The van der Waals surface area contributed by atoms with Gasteiger partial charge in [-0.15, -0.1) is 0 Å². The first kappa shape index (κ1) is 21.1. The van der Waals surface area contributed by atoms with Gasteiger partial charge in [0.1, 0.15) is 0 Å². The van der Waals surface area contributed by atoms with Gasteiger partial charge in [-0.1, -0.05) is 30.3 Å². The van der Waals surface area contributed by atoms with E-state index in [1.165, 1.54) is 24.3 Å². The number of amides is 2. The molecule has 0 aromatic heterocycles. The molecule has 0 spiro atoms. The van der Waals surface area contributed by atoms with E-state index in [0.717, 1.165) is 5.56 Å². The lowest BCUT2D eigenvalue weighted by Crippen LogP contribution is -2.32. The van der Waals surface area contributed by atoms with Crippen molar-refractivity contribution in [3.8, 4) is 0 Å². The average Bonchev–Trinajstić information content (AvgIpc) is 2.64. The van der Waals surface area contributed by atoms with Crippen LogP contribution in [0.1, 0.15) is 5.56 Å². The third kappa shape index (κ3) is 6.22. The minimum absolute atomic E-state index is 0.122. The van der Waals surface area contributed by atoms with Gasteiger partial charge in [0.15, 0.2) is 0 Å². The summed E-state index contributed by atoms with van der Waals surface area (Å²) in [6.07, 6.45) is 2.96. The van der Waals surface area contributed by atoms with E-state index in [4.69, 9.17) is 5.14 Å². The third-order valence-corrected chi connectivity index (χ3v) is 4.61. The molecule has 0 saturated carbocycles. The van der Waals surface area contributed by atoms with E-state index in [9.17, 15) is 18.0 Å². The molecule has 0 bridgehead atoms. The van der Waals surface area contributed by atoms with Crippen LogP contribution in [-0.4, -0.2) is 40.9 Å². The fourth-order valence-electron chi connectivity index (χ4n) is 2.34. The lowest BCUT2D eigenvalue weighted by Gasteiger charge is -2.18. The van der Waals surface area contributed by atoms with Gasteiger partial charge in [0.25, 0.3) is 0 Å². The Morgan fingerprint density at radius 1 is 1.11 bits per heavy atom. The van der Waals surface area contributed by atoms with Gasteiger partial charge in [-0.2, -0.15) is 0 Å². The Balaban J connectivity index is 2.02. The predicted octanol–water partition coefficient (Wildman–Crippen LogP) is 1.17. The number of nitrogens with zero attached hydrogens (tertiary/aromatic N) is 1. The quantitative estimate of drug-likeness (QED) is 0.600. The fraction of sp³-hybridized carbons (Fsp3) is 0.158. The topological polar surface area (TPSA) is 122 Å². The number of anilines is 2. The van der Waals surface area contributed by atoms with Crippen molar-refractivity contribution in [2.45, 2.75) is 4.90 Å². The van der Waals surface area contributed by atoms with Crippen molar-refractivity contribution in [1.29, 1.82) is 0 Å². The monoisotopic (exact) mass is 402 g/mol. The Morgan fingerprint density at radius 2 is 1.79 bits per heavy atom. The first-order valence-electron chi connectivity index (χ1n) is 8.32. The van der Waals surface area contributed by atoms with Gasteiger partial charge < -0.3 is 15.5 Å². The van der Waals surface area contributed by atoms with Gasteiger partial charge >= 0.3 is 0 Å². The zero-order chi connectivity index (χ0) is 20.7. The van der Waals surface area contributed by atoms with Gasteiger partial charge in [-0.25, -0.2) is 13.6 Å². The maximum Gasteiger partial charge on any atom is 0.244 e. The van der Waals surface area contributed by atoms with Crippen molar-refractivity contribution in [2.75, 3.05) is 30.9 Å². The Morgan fingerprint density at radius 3 is 2.39 bits per heavy atom. The largest absolute Gasteiger partial charge is 0.376 e. The Labute approximate surface area is 164 Å². The molecule has 0 saturated heterocycles. The lowest BCUT2D eigenvalue weighted by atomic mass is 10.2. The van der Waals surface area contributed by atoms with E-state index in [1.807, 2.05) is 30.3 Å². The highest BCUT2D eigenvalue weighted by Crippen LogP contribution is 2.27. The molecule has 148 valence electrons. The molecule has 2 amide bonds. The summed E-state index contributed by atoms with van der Waals surface area (Å²) >= 11 is 0. The average molecular weight is 402 g/mol. The minimum atomic E-state index is -3.91. The molecule has 8 nitrogen and oxygen atoms in total. The number of carbonyl (C=O) groups is 2. The summed E-state index contributed by atoms with van der Waals surface area (Å²) in [5.74, 6) is -0.929. The molecule has 2 rings (SSSR count). The molecule has 2 aromatic carbocycles. The molecule has 9 heteroatoms. The highest BCUT2D eigenvalue weighted by atomic mass is 32.2. The van der Waals surface area contributed by atoms with Crippen LogP contribution >= 0.6 is 0 Å². The van der Waals surface area contributed by atoms with Crippen LogP contribution in [0.4, 0.5) is 11.4 Å². The number of rotatable bonds is 7. The van der Waals surface area contributed by atoms with E-state index >= 15 is 0 Å². The van der Waals surface area contributed by atoms with E-state index in [2.05, 4.69) is 10.6 Å². The fourth-order valence-corrected chi connectivity index (χ4v) is 2.88. The van der Waals surface area contributed by atoms with E-state index in [1.54, 1.807) is 25.1 Å². The summed E-state index contributed by atoms with van der Waals surface area (Å²) in [6.45, 7) is -0.273. The van der Waals surface area contributed by atoms with Crippen LogP contribution in [0, 0.1) is 0 Å². The summed E-state index contributed by atoms with van der Waals surface area (Å²) in [6, 6.07) is 13.4. The molecule has 4 N–H and O–H groups in total. The molecule has 0 radical (unpaired) electrons. The molecule has 0 aliphatic heterocycles. The molecule has 0 aliphatic rings. The number of sulfonamides is 1. The zero-order valence-corrected chi connectivity index (χ0v) is 16.4. The second-order valence-corrected chi connectivity index (χ2v) is 7.69. The van der Waals surface area contributed by atoms with Gasteiger partial charge in [0.2, 0.25) is 21.8 Å². The van der Waals surface area contributed by atoms with Crippen LogP contribution in [0.2, 0.25) is 0 Å². The summed E-state index contributed by atoms with van der Waals surface area (Å²) < 4.78 is 23.1.